The summed E-state index contributed by atoms with van der Waals surface area (Å²) in [5, 5.41) is 0. The number of aryl methyl sites for hydroxylation is 1. The van der Waals surface area contributed by atoms with Gasteiger partial charge in [0, 0.05) is 35.9 Å². The summed E-state index contributed by atoms with van der Waals surface area (Å²) < 4.78 is 5.12. The molecule has 0 aliphatic carbocycles. The quantitative estimate of drug-likeness (QED) is 0.609. The van der Waals surface area contributed by atoms with E-state index in [0.29, 0.717) is 26.2 Å². The van der Waals surface area contributed by atoms with Crippen molar-refractivity contribution in [2.45, 2.75) is 33.9 Å². The van der Waals surface area contributed by atoms with Crippen molar-refractivity contribution in [2.75, 3.05) is 26.8 Å². The summed E-state index contributed by atoms with van der Waals surface area (Å²) in [5.74, 6) is -0.246. The molecular formula is C22H30N2O3S. The van der Waals surface area contributed by atoms with E-state index in [4.69, 9.17) is 4.74 Å². The lowest BCUT2D eigenvalue weighted by molar-refractivity contribution is -0.143. The highest BCUT2D eigenvalue weighted by molar-refractivity contribution is 7.11. The van der Waals surface area contributed by atoms with Crippen LogP contribution in [0.25, 0.3) is 0 Å². The molecule has 28 heavy (non-hydrogen) atoms. The van der Waals surface area contributed by atoms with Gasteiger partial charge in [0.05, 0.1) is 19.7 Å². The molecule has 2 amide bonds. The van der Waals surface area contributed by atoms with Crippen LogP contribution in [0.5, 0.6) is 0 Å². The van der Waals surface area contributed by atoms with Gasteiger partial charge in [-0.05, 0) is 24.6 Å². The lowest BCUT2D eigenvalue weighted by Crippen LogP contribution is -2.45. The maximum absolute atomic E-state index is 13.2. The predicted molar refractivity (Wildman–Crippen MR) is 113 cm³/mol. The lowest BCUT2D eigenvalue weighted by atomic mass is 10.2. The van der Waals surface area contributed by atoms with E-state index in [0.717, 1.165) is 10.4 Å². The van der Waals surface area contributed by atoms with Crippen LogP contribution < -0.4 is 0 Å². The summed E-state index contributed by atoms with van der Waals surface area (Å²) in [6, 6.07) is 14.1. The second kappa shape index (κ2) is 11.0. The molecule has 1 heterocycles. The van der Waals surface area contributed by atoms with Crippen molar-refractivity contribution in [3.63, 3.8) is 0 Å². The highest BCUT2D eigenvalue weighted by Crippen LogP contribution is 2.19. The lowest BCUT2D eigenvalue weighted by Gasteiger charge is -2.28. The van der Waals surface area contributed by atoms with Gasteiger partial charge in [0.15, 0.2) is 0 Å². The molecule has 0 saturated heterocycles. The Morgan fingerprint density at radius 1 is 1.04 bits per heavy atom. The molecule has 0 bridgehead atoms. The Kier molecular flexibility index (Phi) is 8.67. The molecule has 1 aromatic heterocycles. The molecule has 6 heteroatoms. The van der Waals surface area contributed by atoms with Crippen LogP contribution in [0.2, 0.25) is 0 Å². The number of thiophene rings is 1. The molecule has 0 unspecified atom stereocenters. The fourth-order valence-electron chi connectivity index (χ4n) is 2.89. The van der Waals surface area contributed by atoms with E-state index in [1.807, 2.05) is 49.1 Å². The molecule has 0 saturated carbocycles. The standard InChI is InChI=1S/C22H30N2O3S/c1-17(2)22(26)23(12-13-27-4)16-21(25)24(14-19-8-6-5-7-9-19)15-20-11-10-18(3)28-20/h5-11,17H,12-16H2,1-4H3. The number of ether oxygens (including phenoxy) is 1. The van der Waals surface area contributed by atoms with Crippen molar-refractivity contribution < 1.29 is 14.3 Å². The van der Waals surface area contributed by atoms with Gasteiger partial charge >= 0.3 is 0 Å². The average Bonchev–Trinajstić information content (AvgIpc) is 3.09. The van der Waals surface area contributed by atoms with Gasteiger partial charge in [-0.1, -0.05) is 44.2 Å². The zero-order chi connectivity index (χ0) is 20.5. The van der Waals surface area contributed by atoms with Crippen molar-refractivity contribution in [3.05, 3.63) is 57.8 Å². The second-order valence-electron chi connectivity index (χ2n) is 7.16. The summed E-state index contributed by atoms with van der Waals surface area (Å²) >= 11 is 1.69. The van der Waals surface area contributed by atoms with Crippen molar-refractivity contribution in [1.82, 2.24) is 9.80 Å². The van der Waals surface area contributed by atoms with Crippen LogP contribution >= 0.6 is 11.3 Å². The molecular weight excluding hydrogens is 372 g/mol. The maximum Gasteiger partial charge on any atom is 0.242 e. The molecule has 5 nitrogen and oxygen atoms in total. The SMILES string of the molecule is COCCN(CC(=O)N(Cc1ccccc1)Cc1ccc(C)s1)C(=O)C(C)C. The van der Waals surface area contributed by atoms with E-state index in [1.54, 1.807) is 23.3 Å². The van der Waals surface area contributed by atoms with Crippen molar-refractivity contribution in [2.24, 2.45) is 5.92 Å². The molecule has 152 valence electrons. The third kappa shape index (κ3) is 6.77. The number of rotatable bonds is 10. The summed E-state index contributed by atoms with van der Waals surface area (Å²) in [4.78, 5) is 31.5. The van der Waals surface area contributed by atoms with Crippen LogP contribution in [0.15, 0.2) is 42.5 Å². The van der Waals surface area contributed by atoms with E-state index in [2.05, 4.69) is 19.1 Å². The number of carbonyl (C=O) groups excluding carboxylic acids is 2. The normalized spacial score (nSPS) is 10.9. The molecule has 0 N–H and O–H groups in total. The maximum atomic E-state index is 13.2. The molecule has 1 aromatic carbocycles. The minimum atomic E-state index is -0.160. The summed E-state index contributed by atoms with van der Waals surface area (Å²) in [7, 11) is 1.60. The molecule has 0 radical (unpaired) electrons. The first-order valence-corrected chi connectivity index (χ1v) is 10.4. The zero-order valence-corrected chi connectivity index (χ0v) is 18.0. The van der Waals surface area contributed by atoms with E-state index in [9.17, 15) is 9.59 Å². The van der Waals surface area contributed by atoms with Crippen molar-refractivity contribution >= 4 is 23.2 Å². The van der Waals surface area contributed by atoms with Crippen LogP contribution in [-0.4, -0.2) is 48.4 Å². The fourth-order valence-corrected chi connectivity index (χ4v) is 3.80. The molecule has 0 fully saturated rings. The minimum Gasteiger partial charge on any atom is -0.383 e. The van der Waals surface area contributed by atoms with Gasteiger partial charge in [0.25, 0.3) is 0 Å². The van der Waals surface area contributed by atoms with Crippen molar-refractivity contribution in [3.8, 4) is 0 Å². The Hall–Kier alpha value is -2.18. The van der Waals surface area contributed by atoms with Gasteiger partial charge in [-0.25, -0.2) is 0 Å². The minimum absolute atomic E-state index is 0.0305. The molecule has 0 aliphatic rings. The number of methoxy groups -OCH3 is 1. The number of carbonyl (C=O) groups is 2. The number of amides is 2. The zero-order valence-electron chi connectivity index (χ0n) is 17.2. The molecule has 2 aromatic rings. The smallest absolute Gasteiger partial charge is 0.242 e. The molecule has 2 rings (SSSR count). The number of hydrogen-bond donors (Lipinski definition) is 0. The fraction of sp³-hybridized carbons (Fsp3) is 0.455. The monoisotopic (exact) mass is 402 g/mol. The first kappa shape index (κ1) is 22.1. The average molecular weight is 403 g/mol. The Balaban J connectivity index is 2.16. The van der Waals surface area contributed by atoms with Crippen LogP contribution in [0.3, 0.4) is 0 Å². The first-order chi connectivity index (χ1) is 13.4. The Bertz CT molecular complexity index is 758. The Morgan fingerprint density at radius 2 is 1.75 bits per heavy atom. The van der Waals surface area contributed by atoms with Gasteiger partial charge < -0.3 is 14.5 Å². The van der Waals surface area contributed by atoms with E-state index in [-0.39, 0.29) is 24.3 Å². The predicted octanol–water partition coefficient (Wildman–Crippen LogP) is 3.72. The summed E-state index contributed by atoms with van der Waals surface area (Å²) in [6.07, 6.45) is 0. The molecule has 0 aliphatic heterocycles. The van der Waals surface area contributed by atoms with Gasteiger partial charge in [0.2, 0.25) is 11.8 Å². The van der Waals surface area contributed by atoms with Crippen LogP contribution in [0, 0.1) is 12.8 Å². The topological polar surface area (TPSA) is 49.9 Å². The first-order valence-electron chi connectivity index (χ1n) is 9.55. The summed E-state index contributed by atoms with van der Waals surface area (Å²) in [5.41, 5.74) is 1.07. The Labute approximate surface area is 171 Å². The highest BCUT2D eigenvalue weighted by Gasteiger charge is 2.23. The third-order valence-electron chi connectivity index (χ3n) is 4.41. The van der Waals surface area contributed by atoms with E-state index >= 15 is 0 Å². The highest BCUT2D eigenvalue weighted by atomic mass is 32.1. The Morgan fingerprint density at radius 3 is 2.32 bits per heavy atom. The summed E-state index contributed by atoms with van der Waals surface area (Å²) in [6.45, 7) is 7.71. The molecule has 0 atom stereocenters. The number of benzene rings is 1. The number of nitrogens with zero attached hydrogens (tertiary/aromatic N) is 2. The largest absolute Gasteiger partial charge is 0.383 e. The molecule has 0 spiro atoms. The van der Waals surface area contributed by atoms with E-state index in [1.165, 1.54) is 4.88 Å². The third-order valence-corrected chi connectivity index (χ3v) is 5.39. The van der Waals surface area contributed by atoms with Gasteiger partial charge in [-0.2, -0.15) is 0 Å². The van der Waals surface area contributed by atoms with E-state index < -0.39 is 0 Å². The second-order valence-corrected chi connectivity index (χ2v) is 8.53. The van der Waals surface area contributed by atoms with Gasteiger partial charge in [-0.3, -0.25) is 9.59 Å². The van der Waals surface area contributed by atoms with Crippen LogP contribution in [0.1, 0.15) is 29.2 Å². The van der Waals surface area contributed by atoms with Gasteiger partial charge in [0.1, 0.15) is 0 Å². The van der Waals surface area contributed by atoms with Crippen molar-refractivity contribution in [1.29, 1.82) is 0 Å². The van der Waals surface area contributed by atoms with Crippen LogP contribution in [0.4, 0.5) is 0 Å². The number of hydrogen-bond acceptors (Lipinski definition) is 4. The van der Waals surface area contributed by atoms with Crippen LogP contribution in [-0.2, 0) is 27.4 Å². The van der Waals surface area contributed by atoms with Gasteiger partial charge in [-0.15, -0.1) is 11.3 Å².